The van der Waals surface area contributed by atoms with Crippen LogP contribution in [0.5, 0.6) is 0 Å². The number of unbranched alkanes of at least 4 members (excludes halogenated alkanes) is 14. The Balaban J connectivity index is 3.66. The lowest BCUT2D eigenvalue weighted by Gasteiger charge is -2.15. The van der Waals surface area contributed by atoms with Crippen LogP contribution in [0.3, 0.4) is 0 Å². The monoisotopic (exact) mass is 1230 g/mol. The van der Waals surface area contributed by atoms with Crippen LogP contribution in [0.2, 0.25) is 0 Å². The van der Waals surface area contributed by atoms with E-state index in [0.29, 0.717) is 12.8 Å². The Bertz CT molecular complexity index is 2230. The summed E-state index contributed by atoms with van der Waals surface area (Å²) < 4.78 is 10.7. The van der Waals surface area contributed by atoms with Gasteiger partial charge in [-0.3, -0.25) is 9.59 Å². The third-order valence-corrected chi connectivity index (χ3v) is 14.1. The molecule has 498 valence electrons. The van der Waals surface area contributed by atoms with E-state index in [1.807, 2.05) is 0 Å². The highest BCUT2D eigenvalue weighted by Gasteiger charge is 2.16. The van der Waals surface area contributed by atoms with Gasteiger partial charge >= 0.3 is 11.9 Å². The highest BCUT2D eigenvalue weighted by Crippen LogP contribution is 2.14. The van der Waals surface area contributed by atoms with E-state index < -0.39 is 6.10 Å². The average Bonchev–Trinajstić information content (AvgIpc) is 3.62. The van der Waals surface area contributed by atoms with Gasteiger partial charge in [0.15, 0.2) is 6.10 Å². The first-order valence-corrected chi connectivity index (χ1v) is 35.6. The van der Waals surface area contributed by atoms with Gasteiger partial charge in [0.1, 0.15) is 6.61 Å². The molecule has 0 aliphatic heterocycles. The van der Waals surface area contributed by atoms with Crippen molar-refractivity contribution in [2.75, 3.05) is 13.2 Å². The second-order valence-corrected chi connectivity index (χ2v) is 22.5. The van der Waals surface area contributed by atoms with Gasteiger partial charge in [-0.2, -0.15) is 0 Å². The lowest BCUT2D eigenvalue weighted by Crippen LogP contribution is -2.28. The summed E-state index contributed by atoms with van der Waals surface area (Å²) in [7, 11) is 0. The molecule has 1 N–H and O–H groups in total. The van der Waals surface area contributed by atoms with Crippen LogP contribution in [0.15, 0.2) is 243 Å². The van der Waals surface area contributed by atoms with Crippen LogP contribution in [0, 0.1) is 0 Å². The molecule has 0 amide bonds. The van der Waals surface area contributed by atoms with Crippen LogP contribution >= 0.6 is 0 Å². The quantitative estimate of drug-likeness (QED) is 0.0373. The lowest BCUT2D eigenvalue weighted by molar-refractivity contribution is -0.161. The highest BCUT2D eigenvalue weighted by atomic mass is 16.6. The van der Waals surface area contributed by atoms with Crippen molar-refractivity contribution >= 4 is 11.9 Å². The molecule has 90 heavy (non-hydrogen) atoms. The second-order valence-electron chi connectivity index (χ2n) is 22.5. The minimum atomic E-state index is -0.812. The van der Waals surface area contributed by atoms with Gasteiger partial charge in [0, 0.05) is 12.8 Å². The van der Waals surface area contributed by atoms with Gasteiger partial charge in [0.25, 0.3) is 0 Å². The van der Waals surface area contributed by atoms with Crippen molar-refractivity contribution in [3.05, 3.63) is 243 Å². The van der Waals surface area contributed by atoms with Crippen LogP contribution in [0.25, 0.3) is 0 Å². The molecule has 0 rings (SSSR count). The topological polar surface area (TPSA) is 72.8 Å². The first-order valence-electron chi connectivity index (χ1n) is 35.6. The van der Waals surface area contributed by atoms with Crippen molar-refractivity contribution in [2.24, 2.45) is 0 Å². The van der Waals surface area contributed by atoms with Crippen LogP contribution in [-0.2, 0) is 19.1 Å². The Kier molecular flexibility index (Phi) is 71.6. The van der Waals surface area contributed by atoms with Crippen LogP contribution in [0.4, 0.5) is 0 Å². The fourth-order valence-corrected chi connectivity index (χ4v) is 8.91. The minimum Gasteiger partial charge on any atom is -0.462 e. The van der Waals surface area contributed by atoms with E-state index in [1.165, 1.54) is 57.8 Å². The number of ether oxygens (including phenoxy) is 2. The normalized spacial score (nSPS) is 13.8. The zero-order valence-corrected chi connectivity index (χ0v) is 57.0. The molecule has 0 aliphatic carbocycles. The molecule has 0 aromatic carbocycles. The van der Waals surface area contributed by atoms with Crippen molar-refractivity contribution in [3.63, 3.8) is 0 Å². The van der Waals surface area contributed by atoms with Crippen LogP contribution < -0.4 is 0 Å². The summed E-state index contributed by atoms with van der Waals surface area (Å²) in [5, 5.41) is 9.70. The number of hydrogen-bond donors (Lipinski definition) is 1. The van der Waals surface area contributed by atoms with Crippen LogP contribution in [-0.4, -0.2) is 36.4 Å². The maximum Gasteiger partial charge on any atom is 0.306 e. The van der Waals surface area contributed by atoms with Crippen molar-refractivity contribution in [2.45, 2.75) is 264 Å². The maximum atomic E-state index is 12.4. The Hall–Kier alpha value is -6.30. The zero-order chi connectivity index (χ0) is 64.7. The number of hydrogen-bond acceptors (Lipinski definition) is 5. The number of rotatable bonds is 62. The minimum absolute atomic E-state index is 0.0969. The maximum absolute atomic E-state index is 12.4. The van der Waals surface area contributed by atoms with E-state index in [2.05, 4.69) is 257 Å². The third-order valence-electron chi connectivity index (χ3n) is 14.1. The van der Waals surface area contributed by atoms with E-state index in [0.717, 1.165) is 173 Å². The lowest BCUT2D eigenvalue weighted by atomic mass is 10.0. The molecule has 0 aromatic rings. The zero-order valence-electron chi connectivity index (χ0n) is 57.0. The van der Waals surface area contributed by atoms with Crippen molar-refractivity contribution in [1.82, 2.24) is 0 Å². The van der Waals surface area contributed by atoms with Gasteiger partial charge in [-0.25, -0.2) is 0 Å². The smallest absolute Gasteiger partial charge is 0.306 e. The molecule has 0 heterocycles. The Morgan fingerprint density at radius 3 is 0.678 bits per heavy atom. The first-order chi connectivity index (χ1) is 44.6. The third kappa shape index (κ3) is 74.2. The fourth-order valence-electron chi connectivity index (χ4n) is 8.91. The molecule has 0 radical (unpaired) electrons. The van der Waals surface area contributed by atoms with Crippen molar-refractivity contribution in [3.8, 4) is 0 Å². The molecule has 0 saturated carbocycles. The van der Waals surface area contributed by atoms with Gasteiger partial charge < -0.3 is 14.6 Å². The highest BCUT2D eigenvalue weighted by molar-refractivity contribution is 5.70. The van der Waals surface area contributed by atoms with Crippen molar-refractivity contribution < 1.29 is 24.2 Å². The summed E-state index contributed by atoms with van der Waals surface area (Å²) in [4.78, 5) is 24.7. The van der Waals surface area contributed by atoms with Gasteiger partial charge in [0.2, 0.25) is 0 Å². The van der Waals surface area contributed by atoms with Crippen LogP contribution in [0.1, 0.15) is 258 Å². The summed E-state index contributed by atoms with van der Waals surface area (Å²) in [6, 6.07) is 0. The predicted octanol–water partition coefficient (Wildman–Crippen LogP) is 25.4. The second kappa shape index (κ2) is 76.9. The van der Waals surface area contributed by atoms with Gasteiger partial charge in [0.05, 0.1) is 6.61 Å². The SMILES string of the molecule is CC/C=C\C/C=C\C/C=C\C/C=C\C/C=C\C/C=C\C/C=C\C/C=C\C/C=C\C/C=C\C/C=C\CCCCCC(=O)OC(CO)COC(=O)CCCCCCCCCCCCC/C=C\C/C=C\C/C=C\C/C=C\C/C=C\C/C=C\C/C=C\C/C=C\C/C=C\CC. The van der Waals surface area contributed by atoms with Crippen molar-refractivity contribution in [1.29, 1.82) is 0 Å². The molecule has 1 atom stereocenters. The average molecular weight is 1230 g/mol. The summed E-state index contributed by atoms with van der Waals surface area (Å²) in [5.41, 5.74) is 0. The first kappa shape index (κ1) is 83.7. The number of esters is 2. The van der Waals surface area contributed by atoms with E-state index in [-0.39, 0.29) is 25.2 Å². The van der Waals surface area contributed by atoms with E-state index in [1.54, 1.807) is 0 Å². The Morgan fingerprint density at radius 2 is 0.444 bits per heavy atom. The fraction of sp³-hybridized carbons (Fsp3) is 0.506. The number of aliphatic hydroxyl groups excluding tert-OH is 1. The molecule has 0 aromatic heterocycles. The number of aliphatic hydroxyl groups is 1. The summed E-state index contributed by atoms with van der Waals surface area (Å²) in [6.45, 7) is 3.87. The molecule has 1 unspecified atom stereocenters. The number of allylic oxidation sites excluding steroid dienone is 40. The summed E-state index contributed by atoms with van der Waals surface area (Å²) in [5.74, 6) is -0.649. The molecular weight excluding hydrogens is 1100 g/mol. The largest absolute Gasteiger partial charge is 0.462 e. The molecule has 5 heteroatoms. The van der Waals surface area contributed by atoms with E-state index >= 15 is 0 Å². The Morgan fingerprint density at radius 1 is 0.256 bits per heavy atom. The number of carbonyl (C=O) groups excluding carboxylic acids is 2. The molecule has 0 fully saturated rings. The predicted molar refractivity (Wildman–Crippen MR) is 398 cm³/mol. The molecule has 0 bridgehead atoms. The Labute approximate surface area is 553 Å². The molecule has 0 spiro atoms. The molecule has 0 aliphatic rings. The number of carbonyl (C=O) groups is 2. The van der Waals surface area contributed by atoms with Gasteiger partial charge in [-0.15, -0.1) is 0 Å². The van der Waals surface area contributed by atoms with E-state index in [4.69, 9.17) is 9.47 Å². The molecule has 0 saturated heterocycles. The molecular formula is C85H128O5. The summed E-state index contributed by atoms with van der Waals surface area (Å²) in [6.07, 6.45) is 127. The van der Waals surface area contributed by atoms with E-state index in [9.17, 15) is 14.7 Å². The van der Waals surface area contributed by atoms with Gasteiger partial charge in [-0.1, -0.05) is 321 Å². The summed E-state index contributed by atoms with van der Waals surface area (Å²) >= 11 is 0. The van der Waals surface area contributed by atoms with Gasteiger partial charge in [-0.05, 0) is 167 Å². The standard InChI is InChI=1S/C85H128O5/c1-3-5-7-9-11-13-15-17-19-21-23-25-27-29-31-33-35-37-39-41-42-44-45-47-49-51-53-55-57-59-61-63-65-67-69-71-73-75-77-79-84(87)89-82-83(81-86)90-85(88)80-78-76-74-72-70-68-66-64-62-60-58-56-54-52-50-48-46-43-40-38-36-34-32-30-28-26-24-22-20-18-16-14-12-10-8-6-4-2/h5-8,11-14,17-20,23-26,29-32,35-38,41-43,45-47,50-53,56,58,62,64,68,70,83,86H,3-4,9-10,15-16,21-22,27-28,33-34,39-40,44,48-49,54-55,57,59-61,63,65-67,69,71-82H2,1-2H3/b7-5-,8-6-,13-11-,14-12-,19-17-,20-18-,25-23-,26-24-,31-29-,32-30-,37-35-,38-36-,42-41-,46-43-,47-45-,52-50-,53-51-,58-56-,64-62-,70-68-. The molecule has 5 nitrogen and oxygen atoms in total.